The van der Waals surface area contributed by atoms with E-state index in [0.29, 0.717) is 5.56 Å². The second-order valence-electron chi connectivity index (χ2n) is 4.41. The lowest BCUT2D eigenvalue weighted by Crippen LogP contribution is -2.37. The van der Waals surface area contributed by atoms with Crippen molar-refractivity contribution in [2.24, 2.45) is 5.92 Å². The van der Waals surface area contributed by atoms with E-state index in [1.165, 1.54) is 0 Å². The quantitative estimate of drug-likeness (QED) is 0.598. The number of carbonyl (C=O) groups is 3. The van der Waals surface area contributed by atoms with E-state index in [1.54, 1.807) is 30.3 Å². The van der Waals surface area contributed by atoms with Gasteiger partial charge in [-0.15, -0.1) is 0 Å². The van der Waals surface area contributed by atoms with Gasteiger partial charge in [-0.3, -0.25) is 14.4 Å². The number of Topliss-reactive ketones (excluding diaryl/α,β-unsaturated/α-hetero) is 2. The molecule has 0 aliphatic carbocycles. The molecule has 0 aliphatic rings. The molecular formula is C14H13F3O4. The van der Waals surface area contributed by atoms with E-state index in [2.05, 4.69) is 0 Å². The number of hydrogen-bond acceptors (Lipinski definition) is 4. The van der Waals surface area contributed by atoms with Gasteiger partial charge in [0.25, 0.3) is 5.78 Å². The van der Waals surface area contributed by atoms with Crippen molar-refractivity contribution in [3.8, 4) is 0 Å². The number of rotatable bonds is 6. The summed E-state index contributed by atoms with van der Waals surface area (Å²) in [4.78, 5) is 33.8. The molecule has 0 amide bonds. The highest BCUT2D eigenvalue weighted by Crippen LogP contribution is 2.24. The monoisotopic (exact) mass is 302 g/mol. The standard InChI is InChI=1S/C14H13F3O4/c1-9(18)7-11(12(19)14(15,16)17)13(20)21-8-10-5-3-2-4-6-10/h2-6,11H,7-8H2,1H3. The molecule has 1 unspecified atom stereocenters. The van der Waals surface area contributed by atoms with Crippen LogP contribution in [0, 0.1) is 5.92 Å². The highest BCUT2D eigenvalue weighted by molar-refractivity contribution is 6.04. The summed E-state index contributed by atoms with van der Waals surface area (Å²) in [6, 6.07) is 8.27. The Bertz CT molecular complexity index is 523. The molecule has 0 radical (unpaired) electrons. The number of ketones is 2. The molecule has 21 heavy (non-hydrogen) atoms. The van der Waals surface area contributed by atoms with E-state index in [9.17, 15) is 27.6 Å². The summed E-state index contributed by atoms with van der Waals surface area (Å²) in [5.74, 6) is -6.47. The zero-order valence-electron chi connectivity index (χ0n) is 11.1. The van der Waals surface area contributed by atoms with Crippen LogP contribution in [0.4, 0.5) is 13.2 Å². The molecule has 0 heterocycles. The normalized spacial score (nSPS) is 12.6. The summed E-state index contributed by atoms with van der Waals surface area (Å²) in [5, 5.41) is 0. The van der Waals surface area contributed by atoms with Crippen LogP contribution in [0.15, 0.2) is 30.3 Å². The molecule has 7 heteroatoms. The Morgan fingerprint density at radius 3 is 2.19 bits per heavy atom. The molecule has 0 spiro atoms. The third-order valence-corrected chi connectivity index (χ3v) is 2.60. The van der Waals surface area contributed by atoms with Crippen LogP contribution in [-0.4, -0.2) is 23.7 Å². The fourth-order valence-corrected chi connectivity index (χ4v) is 1.60. The third-order valence-electron chi connectivity index (χ3n) is 2.60. The van der Waals surface area contributed by atoms with Gasteiger partial charge in [0.1, 0.15) is 18.3 Å². The summed E-state index contributed by atoms with van der Waals surface area (Å²) in [6.45, 7) is 0.736. The number of alkyl halides is 3. The second-order valence-corrected chi connectivity index (χ2v) is 4.41. The van der Waals surface area contributed by atoms with Crippen molar-refractivity contribution < 1.29 is 32.3 Å². The molecule has 0 saturated heterocycles. The average molecular weight is 302 g/mol. The predicted molar refractivity (Wildman–Crippen MR) is 66.1 cm³/mol. The minimum atomic E-state index is -5.19. The lowest BCUT2D eigenvalue weighted by molar-refractivity contribution is -0.182. The summed E-state index contributed by atoms with van der Waals surface area (Å²) in [5.41, 5.74) is 0.562. The number of carbonyl (C=O) groups excluding carboxylic acids is 3. The zero-order valence-corrected chi connectivity index (χ0v) is 11.1. The molecule has 1 aromatic rings. The van der Waals surface area contributed by atoms with Crippen molar-refractivity contribution >= 4 is 17.5 Å². The summed E-state index contributed by atoms with van der Waals surface area (Å²) in [6.07, 6.45) is -6.02. The van der Waals surface area contributed by atoms with Crippen LogP contribution >= 0.6 is 0 Å². The third kappa shape index (κ3) is 5.37. The van der Waals surface area contributed by atoms with E-state index < -0.39 is 36.1 Å². The molecule has 1 rings (SSSR count). The van der Waals surface area contributed by atoms with Gasteiger partial charge in [0.15, 0.2) is 0 Å². The highest BCUT2D eigenvalue weighted by atomic mass is 19.4. The fraction of sp³-hybridized carbons (Fsp3) is 0.357. The molecule has 114 valence electrons. The van der Waals surface area contributed by atoms with Crippen LogP contribution in [0.5, 0.6) is 0 Å². The molecule has 1 aromatic carbocycles. The van der Waals surface area contributed by atoms with Gasteiger partial charge >= 0.3 is 12.1 Å². The molecular weight excluding hydrogens is 289 g/mol. The maximum atomic E-state index is 12.4. The first kappa shape index (κ1) is 16.9. The molecule has 0 bridgehead atoms. The summed E-state index contributed by atoms with van der Waals surface area (Å²) >= 11 is 0. The van der Waals surface area contributed by atoms with E-state index >= 15 is 0 Å². The fourth-order valence-electron chi connectivity index (χ4n) is 1.60. The van der Waals surface area contributed by atoms with Crippen molar-refractivity contribution in [1.82, 2.24) is 0 Å². The molecule has 4 nitrogen and oxygen atoms in total. The molecule has 0 fully saturated rings. The van der Waals surface area contributed by atoms with Crippen molar-refractivity contribution in [3.63, 3.8) is 0 Å². The Balaban J connectivity index is 2.76. The first-order valence-corrected chi connectivity index (χ1v) is 6.03. The minimum Gasteiger partial charge on any atom is -0.460 e. The first-order chi connectivity index (χ1) is 9.71. The number of ether oxygens (including phenoxy) is 1. The van der Waals surface area contributed by atoms with Crippen molar-refractivity contribution in [3.05, 3.63) is 35.9 Å². The maximum Gasteiger partial charge on any atom is 0.450 e. The Kier molecular flexibility index (Phi) is 5.63. The SMILES string of the molecule is CC(=O)CC(C(=O)OCc1ccccc1)C(=O)C(F)(F)F. The van der Waals surface area contributed by atoms with Crippen LogP contribution < -0.4 is 0 Å². The van der Waals surface area contributed by atoms with Gasteiger partial charge in [-0.2, -0.15) is 13.2 Å². The molecule has 1 atom stereocenters. The topological polar surface area (TPSA) is 60.4 Å². The highest BCUT2D eigenvalue weighted by Gasteiger charge is 2.47. The Hall–Kier alpha value is -2.18. The van der Waals surface area contributed by atoms with Crippen molar-refractivity contribution in [2.45, 2.75) is 26.1 Å². The minimum absolute atomic E-state index is 0.265. The number of halogens is 3. The Labute approximate surface area is 118 Å². The summed E-state index contributed by atoms with van der Waals surface area (Å²) < 4.78 is 41.9. The van der Waals surface area contributed by atoms with Gasteiger partial charge in [-0.25, -0.2) is 0 Å². The number of benzene rings is 1. The van der Waals surface area contributed by atoms with Crippen LogP contribution in [0.3, 0.4) is 0 Å². The lowest BCUT2D eigenvalue weighted by Gasteiger charge is -2.15. The smallest absolute Gasteiger partial charge is 0.450 e. The van der Waals surface area contributed by atoms with Gasteiger partial charge in [0.2, 0.25) is 0 Å². The van der Waals surface area contributed by atoms with Gasteiger partial charge in [-0.05, 0) is 12.5 Å². The van der Waals surface area contributed by atoms with Crippen LogP contribution in [0.25, 0.3) is 0 Å². The number of esters is 1. The summed E-state index contributed by atoms with van der Waals surface area (Å²) in [7, 11) is 0. The predicted octanol–water partition coefficient (Wildman–Crippen LogP) is 2.46. The van der Waals surface area contributed by atoms with E-state index in [-0.39, 0.29) is 6.61 Å². The van der Waals surface area contributed by atoms with E-state index in [4.69, 9.17) is 4.74 Å². The van der Waals surface area contributed by atoms with Crippen molar-refractivity contribution in [1.29, 1.82) is 0 Å². The van der Waals surface area contributed by atoms with Crippen molar-refractivity contribution in [2.75, 3.05) is 0 Å². The molecule has 0 aromatic heterocycles. The molecule has 0 saturated carbocycles. The van der Waals surface area contributed by atoms with Gasteiger partial charge in [0, 0.05) is 6.42 Å². The van der Waals surface area contributed by atoms with Crippen LogP contribution in [0.2, 0.25) is 0 Å². The maximum absolute atomic E-state index is 12.4. The zero-order chi connectivity index (χ0) is 16.0. The van der Waals surface area contributed by atoms with Crippen LogP contribution in [-0.2, 0) is 25.7 Å². The van der Waals surface area contributed by atoms with Crippen LogP contribution in [0.1, 0.15) is 18.9 Å². The average Bonchev–Trinajstić information content (AvgIpc) is 2.41. The van der Waals surface area contributed by atoms with Gasteiger partial charge < -0.3 is 4.74 Å². The molecule has 0 N–H and O–H groups in total. The Morgan fingerprint density at radius 1 is 1.14 bits per heavy atom. The second kappa shape index (κ2) is 7.01. The molecule has 0 aliphatic heterocycles. The largest absolute Gasteiger partial charge is 0.460 e. The number of hydrogen-bond donors (Lipinski definition) is 0. The van der Waals surface area contributed by atoms with Gasteiger partial charge in [0.05, 0.1) is 0 Å². The van der Waals surface area contributed by atoms with Gasteiger partial charge in [-0.1, -0.05) is 30.3 Å². The van der Waals surface area contributed by atoms with E-state index in [0.717, 1.165) is 6.92 Å². The first-order valence-electron chi connectivity index (χ1n) is 6.03. The Morgan fingerprint density at radius 2 is 1.71 bits per heavy atom. The lowest BCUT2D eigenvalue weighted by atomic mass is 9.97. The van der Waals surface area contributed by atoms with E-state index in [1.807, 2.05) is 0 Å².